The van der Waals surface area contributed by atoms with Crippen LogP contribution in [0.3, 0.4) is 0 Å². The Morgan fingerprint density at radius 3 is 2.56 bits per heavy atom. The molecule has 12 nitrogen and oxygen atoms in total. The molecule has 0 unspecified atom stereocenters. The van der Waals surface area contributed by atoms with E-state index in [4.69, 9.17) is 16.6 Å². The van der Waals surface area contributed by atoms with Crippen LogP contribution in [0.15, 0.2) is 4.99 Å². The number of imide groups is 1. The molecule has 1 fully saturated rings. The molecular formula is C13H21N6O6+. The van der Waals surface area contributed by atoms with Gasteiger partial charge in [0, 0.05) is 17.8 Å². The van der Waals surface area contributed by atoms with E-state index in [2.05, 4.69) is 15.6 Å². The fourth-order valence-electron chi connectivity index (χ4n) is 1.95. The lowest BCUT2D eigenvalue weighted by Gasteiger charge is -2.13. The van der Waals surface area contributed by atoms with Gasteiger partial charge in [0.1, 0.15) is 18.5 Å². The average Bonchev–Trinajstić information content (AvgIpc) is 2.77. The smallest absolute Gasteiger partial charge is 0.520 e. The summed E-state index contributed by atoms with van der Waals surface area (Å²) in [5.74, 6) is -3.85. The third kappa shape index (κ3) is 6.08. The Morgan fingerprint density at radius 1 is 1.36 bits per heavy atom. The molecule has 0 bridgehead atoms. The SMILES string of the molecule is C[C@@H](CNC(=O)CN1C(=O)N[C@@H](CCC(=O)N=C(N)N)C1=O)C(=O)[OH2+]. The van der Waals surface area contributed by atoms with Crippen LogP contribution in [0.1, 0.15) is 19.8 Å². The molecule has 12 heteroatoms. The van der Waals surface area contributed by atoms with Gasteiger partial charge in [0.15, 0.2) is 5.96 Å². The molecule has 0 aliphatic carbocycles. The monoisotopic (exact) mass is 357 g/mol. The molecule has 5 amide bonds. The van der Waals surface area contributed by atoms with Crippen molar-refractivity contribution in [3.63, 3.8) is 0 Å². The topological polar surface area (TPSA) is 200 Å². The lowest BCUT2D eigenvalue weighted by atomic mass is 10.1. The highest BCUT2D eigenvalue weighted by Gasteiger charge is 2.39. The van der Waals surface area contributed by atoms with E-state index in [-0.39, 0.29) is 19.4 Å². The van der Waals surface area contributed by atoms with E-state index >= 15 is 0 Å². The van der Waals surface area contributed by atoms with Gasteiger partial charge >= 0.3 is 12.0 Å². The van der Waals surface area contributed by atoms with E-state index in [9.17, 15) is 24.0 Å². The molecule has 0 spiro atoms. The van der Waals surface area contributed by atoms with Crippen molar-refractivity contribution in [3.05, 3.63) is 0 Å². The van der Waals surface area contributed by atoms with Gasteiger partial charge in [-0.15, -0.1) is 0 Å². The largest absolute Gasteiger partial charge is 0.564 e. The number of hydrogen-bond acceptors (Lipinski definition) is 5. The quantitative estimate of drug-likeness (QED) is 0.149. The second-order valence-corrected chi connectivity index (χ2v) is 5.46. The molecule has 0 aromatic rings. The molecule has 1 aliphatic rings. The molecule has 0 radical (unpaired) electrons. The lowest BCUT2D eigenvalue weighted by molar-refractivity contribution is -0.141. The highest BCUT2D eigenvalue weighted by Crippen LogP contribution is 2.11. The van der Waals surface area contributed by atoms with Crippen molar-refractivity contribution in [3.8, 4) is 0 Å². The van der Waals surface area contributed by atoms with E-state index in [1.807, 2.05) is 0 Å². The Bertz CT molecular complexity index is 614. The third-order valence-corrected chi connectivity index (χ3v) is 3.36. The zero-order valence-electron chi connectivity index (χ0n) is 13.6. The first-order chi connectivity index (χ1) is 11.6. The van der Waals surface area contributed by atoms with Gasteiger partial charge in [-0.3, -0.25) is 19.3 Å². The lowest BCUT2D eigenvalue weighted by Crippen LogP contribution is -2.42. The summed E-state index contributed by atoms with van der Waals surface area (Å²) in [5.41, 5.74) is 10.1. The first-order valence-corrected chi connectivity index (χ1v) is 7.38. The Hall–Kier alpha value is -3.18. The minimum Gasteiger partial charge on any atom is -0.564 e. The van der Waals surface area contributed by atoms with E-state index < -0.39 is 54.2 Å². The van der Waals surface area contributed by atoms with Crippen molar-refractivity contribution in [1.29, 1.82) is 0 Å². The predicted octanol–water partition coefficient (Wildman–Crippen LogP) is -3.51. The highest BCUT2D eigenvalue weighted by molar-refractivity contribution is 6.06. The van der Waals surface area contributed by atoms with E-state index in [1.165, 1.54) is 6.92 Å². The second-order valence-electron chi connectivity index (χ2n) is 5.46. The number of amides is 5. The van der Waals surface area contributed by atoms with Crippen molar-refractivity contribution >= 4 is 35.7 Å². The molecule has 0 saturated carbocycles. The van der Waals surface area contributed by atoms with Crippen molar-refractivity contribution in [2.75, 3.05) is 13.1 Å². The molecule has 138 valence electrons. The maximum Gasteiger partial charge on any atom is 0.520 e. The molecule has 1 heterocycles. The van der Waals surface area contributed by atoms with Crippen molar-refractivity contribution < 1.29 is 29.1 Å². The first-order valence-electron chi connectivity index (χ1n) is 7.38. The summed E-state index contributed by atoms with van der Waals surface area (Å²) in [4.78, 5) is 61.8. The Morgan fingerprint density at radius 2 is 2.00 bits per heavy atom. The Kier molecular flexibility index (Phi) is 6.84. The summed E-state index contributed by atoms with van der Waals surface area (Å²) in [7, 11) is 0. The number of nitrogens with two attached hydrogens (primary N) is 2. The van der Waals surface area contributed by atoms with Gasteiger partial charge in [-0.25, -0.2) is 4.79 Å². The van der Waals surface area contributed by atoms with Crippen molar-refractivity contribution in [2.45, 2.75) is 25.8 Å². The number of hydrogen-bond donors (Lipinski definition) is 4. The summed E-state index contributed by atoms with van der Waals surface area (Å²) in [5, 5.41) is 11.6. The Balaban J connectivity index is 2.51. The first kappa shape index (κ1) is 19.9. The number of nitrogens with one attached hydrogen (secondary N) is 2. The van der Waals surface area contributed by atoms with Crippen LogP contribution in [0.4, 0.5) is 4.79 Å². The van der Waals surface area contributed by atoms with Crippen LogP contribution in [-0.4, -0.2) is 64.8 Å². The van der Waals surface area contributed by atoms with Gasteiger partial charge in [-0.1, -0.05) is 0 Å². The van der Waals surface area contributed by atoms with Crippen LogP contribution < -0.4 is 22.1 Å². The zero-order chi connectivity index (χ0) is 19.1. The minimum atomic E-state index is -0.952. The van der Waals surface area contributed by atoms with Crippen molar-refractivity contribution in [1.82, 2.24) is 15.5 Å². The number of carbonyl (C=O) groups excluding carboxylic acids is 5. The molecule has 1 rings (SSSR count). The predicted molar refractivity (Wildman–Crippen MR) is 84.9 cm³/mol. The maximum absolute atomic E-state index is 12.1. The van der Waals surface area contributed by atoms with Crippen LogP contribution >= 0.6 is 0 Å². The minimum absolute atomic E-state index is 0.0112. The van der Waals surface area contributed by atoms with E-state index in [0.717, 1.165) is 0 Å². The molecule has 1 saturated heterocycles. The standard InChI is InChI=1S/C13H20N6O6/c1-6(11(23)24)4-16-9(21)5-19-10(22)7(17-13(19)25)2-3-8(20)18-12(14)15/h6-7H,2-5H2,1H3,(H,16,21)(H,17,25)(H,23,24)(H4,14,15,18,20)/p+1/t6-,7-/m0/s1. The Labute approximate surface area is 142 Å². The van der Waals surface area contributed by atoms with Crippen LogP contribution in [0.2, 0.25) is 0 Å². The molecular weight excluding hydrogens is 336 g/mol. The molecule has 0 aromatic carbocycles. The second kappa shape index (κ2) is 8.61. The normalized spacial score (nSPS) is 17.6. The molecule has 8 N–H and O–H groups in total. The third-order valence-electron chi connectivity index (χ3n) is 3.36. The van der Waals surface area contributed by atoms with Gasteiger partial charge < -0.3 is 27.2 Å². The highest BCUT2D eigenvalue weighted by atomic mass is 16.4. The van der Waals surface area contributed by atoms with Crippen LogP contribution in [-0.2, 0) is 19.2 Å². The van der Waals surface area contributed by atoms with Gasteiger partial charge in [-0.05, 0) is 13.3 Å². The molecule has 25 heavy (non-hydrogen) atoms. The van der Waals surface area contributed by atoms with E-state index in [0.29, 0.717) is 4.90 Å². The molecule has 2 atom stereocenters. The van der Waals surface area contributed by atoms with Gasteiger partial charge in [-0.2, -0.15) is 4.99 Å². The number of carbonyl (C=O) groups is 5. The van der Waals surface area contributed by atoms with Crippen LogP contribution in [0.5, 0.6) is 0 Å². The maximum atomic E-state index is 12.1. The van der Waals surface area contributed by atoms with Crippen LogP contribution in [0, 0.1) is 5.92 Å². The van der Waals surface area contributed by atoms with Gasteiger partial charge in [0.05, 0.1) is 0 Å². The number of urea groups is 1. The number of rotatable bonds is 8. The average molecular weight is 357 g/mol. The summed E-state index contributed by atoms with van der Waals surface area (Å²) >= 11 is 0. The fraction of sp³-hybridized carbons (Fsp3) is 0.538. The summed E-state index contributed by atoms with van der Waals surface area (Å²) < 4.78 is 0. The molecule has 1 aliphatic heterocycles. The van der Waals surface area contributed by atoms with Gasteiger partial charge in [0.2, 0.25) is 11.8 Å². The van der Waals surface area contributed by atoms with Gasteiger partial charge in [0.25, 0.3) is 5.91 Å². The number of guanidine groups is 1. The number of aliphatic imine (C=N–C) groups is 1. The van der Waals surface area contributed by atoms with Crippen LogP contribution in [0.25, 0.3) is 0 Å². The summed E-state index contributed by atoms with van der Waals surface area (Å²) in [6, 6.07) is -1.71. The number of nitrogens with zero attached hydrogens (tertiary/aromatic N) is 2. The zero-order valence-corrected chi connectivity index (χ0v) is 13.6. The van der Waals surface area contributed by atoms with E-state index in [1.54, 1.807) is 0 Å². The molecule has 0 aromatic heterocycles. The summed E-state index contributed by atoms with van der Waals surface area (Å²) in [6.07, 6.45) is -0.166. The summed E-state index contributed by atoms with van der Waals surface area (Å²) in [6.45, 7) is 0.871. The van der Waals surface area contributed by atoms with Crippen molar-refractivity contribution in [2.24, 2.45) is 22.4 Å². The fourth-order valence-corrected chi connectivity index (χ4v) is 1.95.